The topological polar surface area (TPSA) is 87.5 Å². The third-order valence-electron chi connectivity index (χ3n) is 3.55. The molecule has 0 atom stereocenters. The molecule has 8 nitrogen and oxygen atoms in total. The van der Waals surface area contributed by atoms with Gasteiger partial charge in [0, 0.05) is 39.6 Å². The van der Waals surface area contributed by atoms with Crippen molar-refractivity contribution >= 4 is 21.8 Å². The number of carbonyl (C=O) groups is 1. The van der Waals surface area contributed by atoms with E-state index >= 15 is 0 Å². The number of carbonyl (C=O) groups excluding carboxylic acids is 1. The zero-order chi connectivity index (χ0) is 18.3. The lowest BCUT2D eigenvalue weighted by molar-refractivity contribution is -0.119. The molecule has 0 aliphatic carbocycles. The Hall–Kier alpha value is -2.39. The van der Waals surface area contributed by atoms with Crippen LogP contribution in [0, 0.1) is 0 Å². The molecule has 25 heavy (non-hydrogen) atoms. The molecule has 0 spiro atoms. The average Bonchev–Trinajstić information content (AvgIpc) is 3.10. The van der Waals surface area contributed by atoms with Gasteiger partial charge in [-0.3, -0.25) is 4.79 Å². The predicted molar refractivity (Wildman–Crippen MR) is 96.2 cm³/mol. The van der Waals surface area contributed by atoms with Crippen LogP contribution in [0.2, 0.25) is 0 Å². The number of anilines is 1. The summed E-state index contributed by atoms with van der Waals surface area (Å²) in [5.74, 6) is -0.347. The number of hydrogen-bond donors (Lipinski definition) is 1. The van der Waals surface area contributed by atoms with Crippen molar-refractivity contribution in [3.05, 3.63) is 49.1 Å². The fourth-order valence-corrected chi connectivity index (χ4v) is 3.25. The standard InChI is InChI=1S/C16H23N5O3S/c1-19(2)25(23,24)21(15-7-4-3-5-8-15)13-16(22)18-9-6-11-20-12-10-17-14-20/h3-5,7-8,10,12,14H,6,9,11,13H2,1-2H3,(H,18,22). The van der Waals surface area contributed by atoms with Gasteiger partial charge in [0.1, 0.15) is 6.54 Å². The lowest BCUT2D eigenvalue weighted by Crippen LogP contribution is -2.46. The van der Waals surface area contributed by atoms with Crippen LogP contribution in [0.15, 0.2) is 49.1 Å². The van der Waals surface area contributed by atoms with Crippen LogP contribution in [0.1, 0.15) is 6.42 Å². The van der Waals surface area contributed by atoms with Gasteiger partial charge >= 0.3 is 10.2 Å². The van der Waals surface area contributed by atoms with Crippen LogP contribution in [0.4, 0.5) is 5.69 Å². The Kier molecular flexibility index (Phi) is 6.54. The van der Waals surface area contributed by atoms with Crippen molar-refractivity contribution in [2.45, 2.75) is 13.0 Å². The van der Waals surface area contributed by atoms with Crippen molar-refractivity contribution in [3.63, 3.8) is 0 Å². The van der Waals surface area contributed by atoms with Gasteiger partial charge in [0.05, 0.1) is 12.0 Å². The summed E-state index contributed by atoms with van der Waals surface area (Å²) in [5, 5.41) is 2.76. The summed E-state index contributed by atoms with van der Waals surface area (Å²) in [6, 6.07) is 8.58. The lowest BCUT2D eigenvalue weighted by Gasteiger charge is -2.26. The Morgan fingerprint density at radius 3 is 2.56 bits per heavy atom. The number of imidazole rings is 1. The second kappa shape index (κ2) is 8.63. The molecule has 136 valence electrons. The Bertz CT molecular complexity index is 760. The first-order valence-electron chi connectivity index (χ1n) is 7.89. The molecule has 0 radical (unpaired) electrons. The number of aromatic nitrogens is 2. The smallest absolute Gasteiger partial charge is 0.304 e. The summed E-state index contributed by atoms with van der Waals surface area (Å²) >= 11 is 0. The van der Waals surface area contributed by atoms with Crippen molar-refractivity contribution in [1.82, 2.24) is 19.2 Å². The van der Waals surface area contributed by atoms with E-state index in [2.05, 4.69) is 10.3 Å². The van der Waals surface area contributed by atoms with E-state index in [4.69, 9.17) is 0 Å². The Morgan fingerprint density at radius 1 is 1.24 bits per heavy atom. The van der Waals surface area contributed by atoms with Crippen LogP contribution in [-0.4, -0.2) is 55.4 Å². The molecule has 1 N–H and O–H groups in total. The lowest BCUT2D eigenvalue weighted by atomic mass is 10.3. The summed E-state index contributed by atoms with van der Waals surface area (Å²) in [4.78, 5) is 16.2. The highest BCUT2D eigenvalue weighted by atomic mass is 32.2. The fourth-order valence-electron chi connectivity index (χ4n) is 2.19. The van der Waals surface area contributed by atoms with E-state index in [0.29, 0.717) is 12.2 Å². The van der Waals surface area contributed by atoms with Crippen LogP contribution in [-0.2, 0) is 21.5 Å². The van der Waals surface area contributed by atoms with Gasteiger partial charge < -0.3 is 9.88 Å². The van der Waals surface area contributed by atoms with E-state index < -0.39 is 10.2 Å². The molecule has 0 unspecified atom stereocenters. The number of amides is 1. The number of nitrogens with zero attached hydrogens (tertiary/aromatic N) is 4. The van der Waals surface area contributed by atoms with Gasteiger partial charge in [0.25, 0.3) is 0 Å². The molecule has 1 aromatic carbocycles. The first kappa shape index (κ1) is 18.9. The fraction of sp³-hybridized carbons (Fsp3) is 0.375. The highest BCUT2D eigenvalue weighted by molar-refractivity contribution is 7.90. The molecule has 1 amide bonds. The van der Waals surface area contributed by atoms with Crippen LogP contribution >= 0.6 is 0 Å². The van der Waals surface area contributed by atoms with Gasteiger partial charge in [-0.05, 0) is 18.6 Å². The van der Waals surface area contributed by atoms with Crippen molar-refractivity contribution < 1.29 is 13.2 Å². The van der Waals surface area contributed by atoms with Crippen molar-refractivity contribution in [2.24, 2.45) is 0 Å². The van der Waals surface area contributed by atoms with E-state index in [1.54, 1.807) is 42.9 Å². The Labute approximate surface area is 148 Å². The van der Waals surface area contributed by atoms with E-state index in [1.165, 1.54) is 14.1 Å². The molecule has 0 saturated heterocycles. The number of hydrogen-bond acceptors (Lipinski definition) is 4. The first-order valence-corrected chi connectivity index (χ1v) is 9.28. The van der Waals surface area contributed by atoms with Crippen LogP contribution in [0.5, 0.6) is 0 Å². The third-order valence-corrected chi connectivity index (χ3v) is 5.37. The van der Waals surface area contributed by atoms with Crippen LogP contribution < -0.4 is 9.62 Å². The third kappa shape index (κ3) is 5.30. The average molecular weight is 365 g/mol. The minimum Gasteiger partial charge on any atom is -0.354 e. The first-order chi connectivity index (χ1) is 11.9. The molecular formula is C16H23N5O3S. The maximum atomic E-state index is 12.5. The SMILES string of the molecule is CN(C)S(=O)(=O)N(CC(=O)NCCCn1ccnc1)c1ccccc1. The number of benzene rings is 1. The minimum absolute atomic E-state index is 0.268. The van der Waals surface area contributed by atoms with E-state index in [9.17, 15) is 13.2 Å². The zero-order valence-electron chi connectivity index (χ0n) is 14.4. The maximum absolute atomic E-state index is 12.5. The number of nitrogens with one attached hydrogen (secondary N) is 1. The second-order valence-electron chi connectivity index (χ2n) is 5.64. The summed E-state index contributed by atoms with van der Waals surface area (Å²) in [5.41, 5.74) is 0.449. The Balaban J connectivity index is 1.95. The van der Waals surface area contributed by atoms with Gasteiger partial charge in [-0.2, -0.15) is 12.7 Å². The van der Waals surface area contributed by atoms with E-state index in [0.717, 1.165) is 21.6 Å². The molecule has 1 aromatic heterocycles. The number of para-hydroxylation sites is 1. The summed E-state index contributed by atoms with van der Waals surface area (Å²) in [6.45, 7) is 0.927. The second-order valence-corrected chi connectivity index (χ2v) is 7.70. The monoisotopic (exact) mass is 365 g/mol. The molecule has 9 heteroatoms. The zero-order valence-corrected chi connectivity index (χ0v) is 15.2. The quantitative estimate of drug-likeness (QED) is 0.663. The molecule has 0 bridgehead atoms. The summed E-state index contributed by atoms with van der Waals surface area (Å²) < 4.78 is 29.1. The van der Waals surface area contributed by atoms with E-state index in [1.807, 2.05) is 10.8 Å². The molecule has 0 aliphatic heterocycles. The molecule has 2 aromatic rings. The van der Waals surface area contributed by atoms with Gasteiger partial charge in [-0.1, -0.05) is 18.2 Å². The number of rotatable bonds is 9. The van der Waals surface area contributed by atoms with E-state index in [-0.39, 0.29) is 12.5 Å². The van der Waals surface area contributed by atoms with Gasteiger partial charge in [-0.15, -0.1) is 0 Å². The molecule has 2 rings (SSSR count). The Morgan fingerprint density at radius 2 is 1.96 bits per heavy atom. The molecular weight excluding hydrogens is 342 g/mol. The molecule has 1 heterocycles. The predicted octanol–water partition coefficient (Wildman–Crippen LogP) is 0.702. The highest BCUT2D eigenvalue weighted by Crippen LogP contribution is 2.18. The van der Waals surface area contributed by atoms with Gasteiger partial charge in [-0.25, -0.2) is 9.29 Å². The summed E-state index contributed by atoms with van der Waals surface area (Å²) in [6.07, 6.45) is 5.99. The molecule has 0 saturated carbocycles. The van der Waals surface area contributed by atoms with Crippen LogP contribution in [0.3, 0.4) is 0 Å². The van der Waals surface area contributed by atoms with Crippen molar-refractivity contribution in [2.75, 3.05) is 31.5 Å². The molecule has 0 fully saturated rings. The van der Waals surface area contributed by atoms with Crippen LogP contribution in [0.25, 0.3) is 0 Å². The molecule has 0 aliphatic rings. The highest BCUT2D eigenvalue weighted by Gasteiger charge is 2.26. The minimum atomic E-state index is -3.76. The van der Waals surface area contributed by atoms with Crippen molar-refractivity contribution in [3.8, 4) is 0 Å². The summed E-state index contributed by atoms with van der Waals surface area (Å²) in [7, 11) is -0.882. The largest absolute Gasteiger partial charge is 0.354 e. The van der Waals surface area contributed by atoms with Gasteiger partial charge in [0.15, 0.2) is 0 Å². The van der Waals surface area contributed by atoms with Gasteiger partial charge in [0.2, 0.25) is 5.91 Å². The normalized spacial score (nSPS) is 11.5. The number of aryl methyl sites for hydroxylation is 1. The maximum Gasteiger partial charge on any atom is 0.304 e. The van der Waals surface area contributed by atoms with Crippen molar-refractivity contribution in [1.29, 1.82) is 0 Å².